The quantitative estimate of drug-likeness (QED) is 0.0950. The summed E-state index contributed by atoms with van der Waals surface area (Å²) in [7, 11) is 0. The fourth-order valence-electron chi connectivity index (χ4n) is 4.41. The molecule has 1 unspecified atom stereocenters. The van der Waals surface area contributed by atoms with Gasteiger partial charge in [-0.3, -0.25) is 14.4 Å². The highest BCUT2D eigenvalue weighted by Gasteiger charge is 2.18. The molecule has 4 N–H and O–H groups in total. The topological polar surface area (TPSA) is 112 Å². The standard InChI is InChI=1S/C35H32N4O4S/c1-3-43-29-16-12-24(13-17-29)20-32(39-34(41)26-8-5-4-6-9-26)35(42)38-27-10-7-11-30(21-27)44-23(2)33(40)37-28-15-14-25-18-19-36-31(25)22-28/h4-23,36H,3H2,1-2H3,(H,37,40)(H,38,42)(H,39,41)/b32-20+. The third kappa shape index (κ3) is 7.96. The van der Waals surface area contributed by atoms with Crippen molar-refractivity contribution >= 4 is 57.8 Å². The van der Waals surface area contributed by atoms with Crippen LogP contribution in [0.3, 0.4) is 0 Å². The molecule has 0 aliphatic carbocycles. The Bertz CT molecular complexity index is 1800. The molecule has 44 heavy (non-hydrogen) atoms. The number of aromatic nitrogens is 1. The number of H-pyrrole nitrogens is 1. The van der Waals surface area contributed by atoms with Gasteiger partial charge < -0.3 is 25.7 Å². The monoisotopic (exact) mass is 604 g/mol. The first kappa shape index (κ1) is 30.2. The molecular weight excluding hydrogens is 572 g/mol. The molecule has 4 aromatic carbocycles. The molecule has 0 radical (unpaired) electrons. The minimum atomic E-state index is -0.490. The summed E-state index contributed by atoms with van der Waals surface area (Å²) >= 11 is 1.37. The van der Waals surface area contributed by atoms with Crippen molar-refractivity contribution in [2.45, 2.75) is 24.0 Å². The number of carbonyl (C=O) groups excluding carboxylic acids is 3. The van der Waals surface area contributed by atoms with Gasteiger partial charge in [0.2, 0.25) is 5.91 Å². The Labute approximate surface area is 259 Å². The van der Waals surface area contributed by atoms with E-state index < -0.39 is 17.1 Å². The van der Waals surface area contributed by atoms with Crippen LogP contribution in [0.25, 0.3) is 17.0 Å². The van der Waals surface area contributed by atoms with Crippen LogP contribution in [0, 0.1) is 0 Å². The first-order valence-electron chi connectivity index (χ1n) is 14.1. The number of hydrogen-bond acceptors (Lipinski definition) is 5. The van der Waals surface area contributed by atoms with Crippen molar-refractivity contribution in [3.05, 3.63) is 126 Å². The number of amides is 3. The molecule has 0 bridgehead atoms. The number of aromatic amines is 1. The summed E-state index contributed by atoms with van der Waals surface area (Å²) in [6, 6.07) is 30.9. The van der Waals surface area contributed by atoms with E-state index in [1.807, 2.05) is 68.6 Å². The van der Waals surface area contributed by atoms with E-state index in [1.54, 1.807) is 60.7 Å². The van der Waals surface area contributed by atoms with E-state index in [0.29, 0.717) is 34.9 Å². The van der Waals surface area contributed by atoms with Crippen LogP contribution in [-0.4, -0.2) is 34.6 Å². The Kier molecular flexibility index (Phi) is 9.78. The zero-order valence-corrected chi connectivity index (χ0v) is 25.1. The maximum Gasteiger partial charge on any atom is 0.272 e. The van der Waals surface area contributed by atoms with Gasteiger partial charge in [0.1, 0.15) is 11.4 Å². The fraction of sp³-hybridized carbons (Fsp3) is 0.114. The molecule has 1 atom stereocenters. The van der Waals surface area contributed by atoms with Gasteiger partial charge in [0.05, 0.1) is 11.9 Å². The average Bonchev–Trinajstić information content (AvgIpc) is 3.50. The van der Waals surface area contributed by atoms with Gasteiger partial charge in [-0.05, 0) is 91.5 Å². The summed E-state index contributed by atoms with van der Waals surface area (Å²) in [4.78, 5) is 43.3. The van der Waals surface area contributed by atoms with Crippen LogP contribution in [0.15, 0.2) is 120 Å². The lowest BCUT2D eigenvalue weighted by Crippen LogP contribution is -2.30. The molecule has 1 aromatic heterocycles. The van der Waals surface area contributed by atoms with E-state index in [0.717, 1.165) is 15.8 Å². The van der Waals surface area contributed by atoms with Gasteiger partial charge in [0.25, 0.3) is 11.8 Å². The van der Waals surface area contributed by atoms with Crippen molar-refractivity contribution in [2.24, 2.45) is 0 Å². The van der Waals surface area contributed by atoms with E-state index in [2.05, 4.69) is 20.9 Å². The minimum absolute atomic E-state index is 0.0767. The third-order valence-corrected chi connectivity index (χ3v) is 7.72. The van der Waals surface area contributed by atoms with E-state index in [9.17, 15) is 14.4 Å². The second-order valence-electron chi connectivity index (χ2n) is 9.89. The lowest BCUT2D eigenvalue weighted by atomic mass is 10.1. The second kappa shape index (κ2) is 14.3. The van der Waals surface area contributed by atoms with Crippen molar-refractivity contribution < 1.29 is 19.1 Å². The van der Waals surface area contributed by atoms with Gasteiger partial charge >= 0.3 is 0 Å². The molecule has 222 valence electrons. The van der Waals surface area contributed by atoms with Crippen molar-refractivity contribution in [3.63, 3.8) is 0 Å². The third-order valence-electron chi connectivity index (χ3n) is 6.63. The lowest BCUT2D eigenvalue weighted by Gasteiger charge is -2.14. The van der Waals surface area contributed by atoms with Crippen LogP contribution in [0.4, 0.5) is 11.4 Å². The molecule has 0 saturated heterocycles. The Morgan fingerprint density at radius 2 is 1.64 bits per heavy atom. The first-order valence-corrected chi connectivity index (χ1v) is 15.0. The summed E-state index contributed by atoms with van der Waals surface area (Å²) < 4.78 is 5.51. The lowest BCUT2D eigenvalue weighted by molar-refractivity contribution is -0.115. The van der Waals surface area contributed by atoms with Gasteiger partial charge in [-0.25, -0.2) is 0 Å². The van der Waals surface area contributed by atoms with Crippen LogP contribution >= 0.6 is 11.8 Å². The Morgan fingerprint density at radius 1 is 0.864 bits per heavy atom. The average molecular weight is 605 g/mol. The van der Waals surface area contributed by atoms with E-state index in [4.69, 9.17) is 4.74 Å². The Hall–Kier alpha value is -5.28. The number of ether oxygens (including phenoxy) is 1. The minimum Gasteiger partial charge on any atom is -0.494 e. The largest absolute Gasteiger partial charge is 0.494 e. The van der Waals surface area contributed by atoms with E-state index in [-0.39, 0.29) is 11.6 Å². The van der Waals surface area contributed by atoms with Gasteiger partial charge in [-0.2, -0.15) is 0 Å². The van der Waals surface area contributed by atoms with E-state index in [1.165, 1.54) is 11.8 Å². The molecule has 0 aliphatic rings. The van der Waals surface area contributed by atoms with Crippen LogP contribution < -0.4 is 20.7 Å². The highest BCUT2D eigenvalue weighted by atomic mass is 32.2. The number of carbonyl (C=O) groups is 3. The normalized spacial score (nSPS) is 11.9. The number of fused-ring (bicyclic) bond motifs is 1. The maximum absolute atomic E-state index is 13.5. The maximum atomic E-state index is 13.5. The van der Waals surface area contributed by atoms with Crippen molar-refractivity contribution in [1.82, 2.24) is 10.3 Å². The van der Waals surface area contributed by atoms with E-state index >= 15 is 0 Å². The zero-order chi connectivity index (χ0) is 30.9. The predicted molar refractivity (Wildman–Crippen MR) is 177 cm³/mol. The number of anilines is 2. The number of benzene rings is 4. The van der Waals surface area contributed by atoms with Crippen LogP contribution in [0.2, 0.25) is 0 Å². The molecule has 3 amide bonds. The van der Waals surface area contributed by atoms with Crippen molar-refractivity contribution in [2.75, 3.05) is 17.2 Å². The number of rotatable bonds is 11. The summed E-state index contributed by atoms with van der Waals surface area (Å²) in [5, 5.41) is 9.27. The van der Waals surface area contributed by atoms with Gasteiger partial charge in [0.15, 0.2) is 0 Å². The number of thioether (sulfide) groups is 1. The first-order chi connectivity index (χ1) is 21.4. The van der Waals surface area contributed by atoms with Crippen molar-refractivity contribution in [3.8, 4) is 5.75 Å². The number of hydrogen-bond donors (Lipinski definition) is 4. The zero-order valence-electron chi connectivity index (χ0n) is 24.3. The molecular formula is C35H32N4O4S. The predicted octanol–water partition coefficient (Wildman–Crippen LogP) is 7.10. The molecule has 0 aliphatic heterocycles. The van der Waals surface area contributed by atoms with Crippen LogP contribution in [0.1, 0.15) is 29.8 Å². The van der Waals surface area contributed by atoms with Gasteiger partial charge in [-0.15, -0.1) is 11.8 Å². The summed E-state index contributed by atoms with van der Waals surface area (Å²) in [6.45, 7) is 4.28. The van der Waals surface area contributed by atoms with Crippen LogP contribution in [0.5, 0.6) is 5.75 Å². The Morgan fingerprint density at radius 3 is 2.41 bits per heavy atom. The molecule has 1 heterocycles. The molecule has 5 aromatic rings. The van der Waals surface area contributed by atoms with Gasteiger partial charge in [0, 0.05) is 33.5 Å². The molecule has 0 fully saturated rings. The summed E-state index contributed by atoms with van der Waals surface area (Å²) in [5.41, 5.74) is 3.40. The Balaban J connectivity index is 1.28. The SMILES string of the molecule is CCOc1ccc(/C=C(/NC(=O)c2ccccc2)C(=O)Nc2cccc(SC(C)C(=O)Nc3ccc4cc[nH]c4c3)c2)cc1. The fourth-order valence-corrected chi connectivity index (χ4v) is 5.34. The molecule has 8 nitrogen and oxygen atoms in total. The summed E-state index contributed by atoms with van der Waals surface area (Å²) in [6.07, 6.45) is 3.47. The molecule has 0 saturated carbocycles. The molecule has 0 spiro atoms. The molecule has 9 heteroatoms. The van der Waals surface area contributed by atoms with Crippen LogP contribution in [-0.2, 0) is 9.59 Å². The highest BCUT2D eigenvalue weighted by Crippen LogP contribution is 2.27. The highest BCUT2D eigenvalue weighted by molar-refractivity contribution is 8.00. The number of nitrogens with one attached hydrogen (secondary N) is 4. The second-order valence-corrected chi connectivity index (χ2v) is 11.3. The summed E-state index contributed by atoms with van der Waals surface area (Å²) in [5.74, 6) is -0.323. The van der Waals surface area contributed by atoms with Crippen molar-refractivity contribution in [1.29, 1.82) is 0 Å². The van der Waals surface area contributed by atoms with Gasteiger partial charge in [-0.1, -0.05) is 42.5 Å². The molecule has 5 rings (SSSR count). The smallest absolute Gasteiger partial charge is 0.272 e.